The number of methoxy groups -OCH3 is 1. The van der Waals surface area contributed by atoms with Gasteiger partial charge >= 0.3 is 6.18 Å². The third kappa shape index (κ3) is 10.1. The molecule has 0 aliphatic carbocycles. The molecule has 1 aromatic carbocycles. The van der Waals surface area contributed by atoms with Crippen LogP contribution in [0.5, 0.6) is 5.75 Å². The molecular formula is C17H27F3N4O2. The minimum atomic E-state index is -4.34. The van der Waals surface area contributed by atoms with Crippen molar-refractivity contribution >= 4 is 5.96 Å². The molecule has 2 N–H and O–H groups in total. The molecule has 0 heterocycles. The number of hydrogen-bond acceptors (Lipinski definition) is 4. The second-order valence-corrected chi connectivity index (χ2v) is 5.70. The molecule has 0 fully saturated rings. The average Bonchev–Trinajstić information content (AvgIpc) is 2.61. The SMILES string of the molecule is CN=C(NCCN(C)CCOC)NCc1ccc(OCC(F)(F)F)cc1. The summed E-state index contributed by atoms with van der Waals surface area (Å²) < 4.78 is 46.1. The summed E-state index contributed by atoms with van der Waals surface area (Å²) >= 11 is 0. The molecule has 0 amide bonds. The fraction of sp³-hybridized carbons (Fsp3) is 0.588. The number of aliphatic imine (C=N–C) groups is 1. The van der Waals surface area contributed by atoms with E-state index < -0.39 is 12.8 Å². The van der Waals surface area contributed by atoms with Crippen molar-refractivity contribution in [1.82, 2.24) is 15.5 Å². The second kappa shape index (κ2) is 11.6. The quantitative estimate of drug-likeness (QED) is 0.482. The van der Waals surface area contributed by atoms with Gasteiger partial charge in [0.15, 0.2) is 12.6 Å². The van der Waals surface area contributed by atoms with Crippen molar-refractivity contribution in [3.63, 3.8) is 0 Å². The van der Waals surface area contributed by atoms with Crippen LogP contribution in [0, 0.1) is 0 Å². The van der Waals surface area contributed by atoms with Gasteiger partial charge in [0.1, 0.15) is 5.75 Å². The molecule has 148 valence electrons. The molecule has 0 aromatic heterocycles. The van der Waals surface area contributed by atoms with Gasteiger partial charge < -0.3 is 25.0 Å². The lowest BCUT2D eigenvalue weighted by Crippen LogP contribution is -2.41. The van der Waals surface area contributed by atoms with Crippen LogP contribution in [0.4, 0.5) is 13.2 Å². The summed E-state index contributed by atoms with van der Waals surface area (Å²) in [5, 5.41) is 6.36. The van der Waals surface area contributed by atoms with Gasteiger partial charge in [-0.1, -0.05) is 12.1 Å². The van der Waals surface area contributed by atoms with Gasteiger partial charge in [-0.3, -0.25) is 4.99 Å². The van der Waals surface area contributed by atoms with Crippen LogP contribution < -0.4 is 15.4 Å². The Morgan fingerprint density at radius 2 is 1.85 bits per heavy atom. The number of nitrogens with one attached hydrogen (secondary N) is 2. The number of benzene rings is 1. The van der Waals surface area contributed by atoms with Gasteiger partial charge in [-0.25, -0.2) is 0 Å². The van der Waals surface area contributed by atoms with Crippen LogP contribution in [0.25, 0.3) is 0 Å². The van der Waals surface area contributed by atoms with Crippen molar-refractivity contribution < 1.29 is 22.6 Å². The monoisotopic (exact) mass is 376 g/mol. The van der Waals surface area contributed by atoms with Gasteiger partial charge in [-0.2, -0.15) is 13.2 Å². The number of halogens is 3. The van der Waals surface area contributed by atoms with Gasteiger partial charge in [-0.05, 0) is 24.7 Å². The number of nitrogens with zero attached hydrogens (tertiary/aromatic N) is 2. The predicted molar refractivity (Wildman–Crippen MR) is 95.6 cm³/mol. The fourth-order valence-corrected chi connectivity index (χ4v) is 2.00. The molecule has 0 unspecified atom stereocenters. The molecule has 1 rings (SSSR count). The van der Waals surface area contributed by atoms with Crippen molar-refractivity contribution in [2.24, 2.45) is 4.99 Å². The molecule has 0 saturated heterocycles. The average molecular weight is 376 g/mol. The van der Waals surface area contributed by atoms with Gasteiger partial charge in [0.25, 0.3) is 0 Å². The number of guanidine groups is 1. The highest BCUT2D eigenvalue weighted by molar-refractivity contribution is 5.79. The Bertz CT molecular complexity index is 536. The minimum Gasteiger partial charge on any atom is -0.484 e. The summed E-state index contributed by atoms with van der Waals surface area (Å²) in [7, 11) is 5.37. The normalized spacial score (nSPS) is 12.3. The van der Waals surface area contributed by atoms with Crippen LogP contribution in [0.2, 0.25) is 0 Å². The first kappa shape index (κ1) is 22.0. The Morgan fingerprint density at radius 1 is 1.15 bits per heavy atom. The molecule has 0 saturated carbocycles. The first-order chi connectivity index (χ1) is 12.3. The van der Waals surface area contributed by atoms with E-state index in [2.05, 4.69) is 25.3 Å². The van der Waals surface area contributed by atoms with E-state index in [1.54, 1.807) is 26.3 Å². The molecule has 0 aliphatic heterocycles. The van der Waals surface area contributed by atoms with E-state index in [1.807, 2.05) is 7.05 Å². The molecular weight excluding hydrogens is 349 g/mol. The van der Waals surface area contributed by atoms with E-state index in [0.717, 1.165) is 25.2 Å². The maximum absolute atomic E-state index is 12.1. The van der Waals surface area contributed by atoms with Crippen molar-refractivity contribution in [3.8, 4) is 5.75 Å². The van der Waals surface area contributed by atoms with Crippen LogP contribution in [-0.4, -0.2) is 71.1 Å². The zero-order valence-electron chi connectivity index (χ0n) is 15.4. The smallest absolute Gasteiger partial charge is 0.422 e. The summed E-state index contributed by atoms with van der Waals surface area (Å²) in [6, 6.07) is 6.46. The van der Waals surface area contributed by atoms with Crippen molar-refractivity contribution in [2.75, 3.05) is 54.1 Å². The van der Waals surface area contributed by atoms with Crippen LogP contribution in [0.3, 0.4) is 0 Å². The summed E-state index contributed by atoms with van der Waals surface area (Å²) in [5.41, 5.74) is 0.907. The summed E-state index contributed by atoms with van der Waals surface area (Å²) in [6.07, 6.45) is -4.34. The molecule has 1 aromatic rings. The van der Waals surface area contributed by atoms with Crippen molar-refractivity contribution in [1.29, 1.82) is 0 Å². The zero-order valence-corrected chi connectivity index (χ0v) is 15.4. The second-order valence-electron chi connectivity index (χ2n) is 5.70. The molecule has 0 aliphatic rings. The highest BCUT2D eigenvalue weighted by Crippen LogP contribution is 2.18. The van der Waals surface area contributed by atoms with Gasteiger partial charge in [-0.15, -0.1) is 0 Å². The maximum Gasteiger partial charge on any atom is 0.422 e. The van der Waals surface area contributed by atoms with Crippen molar-refractivity contribution in [3.05, 3.63) is 29.8 Å². The largest absolute Gasteiger partial charge is 0.484 e. The zero-order chi connectivity index (χ0) is 19.4. The van der Waals surface area contributed by atoms with Crippen LogP contribution >= 0.6 is 0 Å². The molecule has 0 radical (unpaired) electrons. The highest BCUT2D eigenvalue weighted by atomic mass is 19.4. The van der Waals surface area contributed by atoms with E-state index in [9.17, 15) is 13.2 Å². The Balaban J connectivity index is 2.32. The number of ether oxygens (including phenoxy) is 2. The van der Waals surface area contributed by atoms with E-state index >= 15 is 0 Å². The number of likely N-dealkylation sites (N-methyl/N-ethyl adjacent to an activating group) is 1. The topological polar surface area (TPSA) is 58.1 Å². The molecule has 0 atom stereocenters. The molecule has 6 nitrogen and oxygen atoms in total. The summed E-state index contributed by atoms with van der Waals surface area (Å²) in [4.78, 5) is 6.28. The van der Waals surface area contributed by atoms with E-state index in [1.165, 1.54) is 12.1 Å². The summed E-state index contributed by atoms with van der Waals surface area (Å²) in [6.45, 7) is 2.32. The number of alkyl halides is 3. The van der Waals surface area contributed by atoms with E-state index in [0.29, 0.717) is 19.1 Å². The maximum atomic E-state index is 12.1. The van der Waals surface area contributed by atoms with Crippen LogP contribution in [0.1, 0.15) is 5.56 Å². The number of rotatable bonds is 10. The highest BCUT2D eigenvalue weighted by Gasteiger charge is 2.28. The first-order valence-corrected chi connectivity index (χ1v) is 8.24. The lowest BCUT2D eigenvalue weighted by molar-refractivity contribution is -0.153. The number of hydrogen-bond donors (Lipinski definition) is 2. The summed E-state index contributed by atoms with van der Waals surface area (Å²) in [5.74, 6) is 0.843. The predicted octanol–water partition coefficient (Wildman–Crippen LogP) is 1.87. The van der Waals surface area contributed by atoms with Gasteiger partial charge in [0.2, 0.25) is 0 Å². The first-order valence-electron chi connectivity index (χ1n) is 8.24. The minimum absolute atomic E-state index is 0.188. The lowest BCUT2D eigenvalue weighted by atomic mass is 10.2. The molecule has 9 heteroatoms. The van der Waals surface area contributed by atoms with E-state index in [4.69, 9.17) is 4.74 Å². The fourth-order valence-electron chi connectivity index (χ4n) is 2.00. The molecule has 0 bridgehead atoms. The Labute approximate surface area is 152 Å². The third-order valence-corrected chi connectivity index (χ3v) is 3.47. The Kier molecular flexibility index (Phi) is 9.82. The van der Waals surface area contributed by atoms with Crippen molar-refractivity contribution in [2.45, 2.75) is 12.7 Å². The van der Waals surface area contributed by atoms with E-state index in [-0.39, 0.29) is 5.75 Å². The van der Waals surface area contributed by atoms with Crippen LogP contribution in [-0.2, 0) is 11.3 Å². The van der Waals surface area contributed by atoms with Gasteiger partial charge in [0.05, 0.1) is 6.61 Å². The molecule has 26 heavy (non-hydrogen) atoms. The standard InChI is InChI=1S/C17H27F3N4O2/c1-21-16(22-8-9-24(2)10-11-25-3)23-12-14-4-6-15(7-5-14)26-13-17(18,19)20/h4-7H,8-13H2,1-3H3,(H2,21,22,23). The van der Waals surface area contributed by atoms with Crippen LogP contribution in [0.15, 0.2) is 29.3 Å². The molecule has 0 spiro atoms. The third-order valence-electron chi connectivity index (χ3n) is 3.47. The Hall–Kier alpha value is -2.00. The lowest BCUT2D eigenvalue weighted by Gasteiger charge is -2.18. The Morgan fingerprint density at radius 3 is 2.42 bits per heavy atom. The van der Waals surface area contributed by atoms with Gasteiger partial charge in [0, 0.05) is 40.3 Å².